The summed E-state index contributed by atoms with van der Waals surface area (Å²) in [7, 11) is 0. The molecule has 0 saturated heterocycles. The van der Waals surface area contributed by atoms with E-state index in [1.54, 1.807) is 4.68 Å². The van der Waals surface area contributed by atoms with Crippen molar-refractivity contribution in [3.05, 3.63) is 95.8 Å². The Morgan fingerprint density at radius 2 is 1.64 bits per heavy atom. The molecule has 162 valence electrons. The lowest BCUT2D eigenvalue weighted by Crippen LogP contribution is -2.15. The predicted octanol–water partition coefficient (Wildman–Crippen LogP) is 4.59. The minimum absolute atomic E-state index is 0.257. The van der Waals surface area contributed by atoms with Crippen molar-refractivity contribution in [2.45, 2.75) is 13.8 Å². The third-order valence-corrected chi connectivity index (χ3v) is 5.34. The molecule has 0 radical (unpaired) electrons. The maximum absolute atomic E-state index is 13.1. The first-order valence-electron chi connectivity index (χ1n) is 10.5. The quantitative estimate of drug-likeness (QED) is 0.420. The summed E-state index contributed by atoms with van der Waals surface area (Å²) in [5.74, 6) is 0.800. The molecule has 8 heteroatoms. The van der Waals surface area contributed by atoms with Gasteiger partial charge in [-0.1, -0.05) is 65.4 Å². The van der Waals surface area contributed by atoms with Crippen LogP contribution in [0, 0.1) is 13.8 Å². The van der Waals surface area contributed by atoms with E-state index in [0.717, 1.165) is 22.4 Å². The summed E-state index contributed by atoms with van der Waals surface area (Å²) in [6.07, 6.45) is 0. The molecule has 2 aromatic heterocycles. The number of H-pyrrole nitrogens is 1. The predicted molar refractivity (Wildman–Crippen MR) is 126 cm³/mol. The minimum Gasteiger partial charge on any atom is -0.320 e. The van der Waals surface area contributed by atoms with E-state index in [4.69, 9.17) is 0 Å². The van der Waals surface area contributed by atoms with E-state index < -0.39 is 0 Å². The third-order valence-electron chi connectivity index (χ3n) is 5.34. The monoisotopic (exact) mass is 435 g/mol. The summed E-state index contributed by atoms with van der Waals surface area (Å²) >= 11 is 0. The SMILES string of the molecule is Cc1ccc(-n2nnc(C(=O)Nc3ccccc3-c3nc(-c4ccccc4)n[nH]3)c2C)cc1. The maximum Gasteiger partial charge on any atom is 0.278 e. The van der Waals surface area contributed by atoms with Gasteiger partial charge >= 0.3 is 0 Å². The van der Waals surface area contributed by atoms with Gasteiger partial charge in [-0.3, -0.25) is 9.89 Å². The Bertz CT molecular complexity index is 1420. The number of aromatic amines is 1. The fourth-order valence-corrected chi connectivity index (χ4v) is 3.55. The zero-order valence-electron chi connectivity index (χ0n) is 18.1. The molecular formula is C25H21N7O. The topological polar surface area (TPSA) is 101 Å². The average Bonchev–Trinajstić information content (AvgIpc) is 3.48. The highest BCUT2D eigenvalue weighted by Crippen LogP contribution is 2.27. The van der Waals surface area contributed by atoms with Crippen molar-refractivity contribution < 1.29 is 4.79 Å². The standard InChI is InChI=1S/C25H21N7O/c1-16-12-14-19(15-13-16)32-17(2)22(28-31-32)25(33)26-21-11-7-6-10-20(21)24-27-23(29-30-24)18-8-4-3-5-9-18/h3-15H,1-2H3,(H,26,33)(H,27,29,30). The van der Waals surface area contributed by atoms with Gasteiger partial charge < -0.3 is 5.32 Å². The molecule has 0 aliphatic heterocycles. The van der Waals surface area contributed by atoms with E-state index in [1.165, 1.54) is 0 Å². The minimum atomic E-state index is -0.346. The third kappa shape index (κ3) is 4.01. The maximum atomic E-state index is 13.1. The normalized spacial score (nSPS) is 10.8. The van der Waals surface area contributed by atoms with Crippen molar-refractivity contribution in [1.82, 2.24) is 30.2 Å². The Balaban J connectivity index is 1.42. The van der Waals surface area contributed by atoms with Gasteiger partial charge in [-0.2, -0.15) is 5.10 Å². The van der Waals surface area contributed by atoms with Gasteiger partial charge in [0, 0.05) is 11.1 Å². The number of hydrogen-bond donors (Lipinski definition) is 2. The second-order valence-electron chi connectivity index (χ2n) is 7.64. The molecule has 2 N–H and O–H groups in total. The highest BCUT2D eigenvalue weighted by molar-refractivity contribution is 6.05. The number of para-hydroxylation sites is 1. The number of amides is 1. The molecule has 0 spiro atoms. The van der Waals surface area contributed by atoms with Gasteiger partial charge in [0.1, 0.15) is 0 Å². The summed E-state index contributed by atoms with van der Waals surface area (Å²) in [5, 5.41) is 18.5. The fraction of sp³-hybridized carbons (Fsp3) is 0.0800. The molecule has 8 nitrogen and oxygen atoms in total. The van der Waals surface area contributed by atoms with Crippen LogP contribution in [0.3, 0.4) is 0 Å². The van der Waals surface area contributed by atoms with Gasteiger partial charge in [-0.25, -0.2) is 9.67 Å². The summed E-state index contributed by atoms with van der Waals surface area (Å²) in [6.45, 7) is 3.84. The number of hydrogen-bond acceptors (Lipinski definition) is 5. The zero-order chi connectivity index (χ0) is 22.8. The number of carbonyl (C=O) groups excluding carboxylic acids is 1. The lowest BCUT2D eigenvalue weighted by atomic mass is 10.1. The molecule has 3 aromatic carbocycles. The van der Waals surface area contributed by atoms with Crippen LogP contribution < -0.4 is 5.32 Å². The van der Waals surface area contributed by atoms with Crippen molar-refractivity contribution in [1.29, 1.82) is 0 Å². The molecule has 1 amide bonds. The molecular weight excluding hydrogens is 414 g/mol. The Hall–Kier alpha value is -4.59. The number of anilines is 1. The van der Waals surface area contributed by atoms with Gasteiger partial charge in [0.2, 0.25) is 0 Å². The van der Waals surface area contributed by atoms with E-state index in [1.807, 2.05) is 92.7 Å². The van der Waals surface area contributed by atoms with E-state index in [-0.39, 0.29) is 11.6 Å². The highest BCUT2D eigenvalue weighted by Gasteiger charge is 2.19. The van der Waals surface area contributed by atoms with Crippen LogP contribution in [0.4, 0.5) is 5.69 Å². The number of nitrogens with zero attached hydrogens (tertiary/aromatic N) is 5. The summed E-state index contributed by atoms with van der Waals surface area (Å²) in [5.41, 5.74) is 5.14. The molecule has 0 atom stereocenters. The van der Waals surface area contributed by atoms with Crippen LogP contribution in [-0.4, -0.2) is 36.1 Å². The van der Waals surface area contributed by atoms with Crippen LogP contribution in [0.25, 0.3) is 28.5 Å². The Morgan fingerprint density at radius 3 is 2.42 bits per heavy atom. The van der Waals surface area contributed by atoms with Gasteiger partial charge in [0.05, 0.1) is 17.1 Å². The second-order valence-corrected chi connectivity index (χ2v) is 7.64. The van der Waals surface area contributed by atoms with Crippen LogP contribution in [-0.2, 0) is 0 Å². The van der Waals surface area contributed by atoms with Crippen molar-refractivity contribution in [3.63, 3.8) is 0 Å². The first-order valence-corrected chi connectivity index (χ1v) is 10.5. The summed E-state index contributed by atoms with van der Waals surface area (Å²) in [4.78, 5) is 17.7. The summed E-state index contributed by atoms with van der Waals surface area (Å²) in [6, 6.07) is 25.0. The van der Waals surface area contributed by atoms with Gasteiger partial charge in [0.15, 0.2) is 17.3 Å². The lowest BCUT2D eigenvalue weighted by Gasteiger charge is -2.09. The van der Waals surface area contributed by atoms with Crippen molar-refractivity contribution >= 4 is 11.6 Å². The molecule has 33 heavy (non-hydrogen) atoms. The Kier molecular flexibility index (Phi) is 5.24. The number of aryl methyl sites for hydroxylation is 1. The first kappa shape index (κ1) is 20.3. The first-order chi connectivity index (χ1) is 16.1. The Morgan fingerprint density at radius 1 is 0.909 bits per heavy atom. The van der Waals surface area contributed by atoms with Crippen LogP contribution in [0.5, 0.6) is 0 Å². The molecule has 5 aromatic rings. The van der Waals surface area contributed by atoms with E-state index >= 15 is 0 Å². The van der Waals surface area contributed by atoms with E-state index in [9.17, 15) is 4.79 Å². The second kappa shape index (κ2) is 8.51. The van der Waals surface area contributed by atoms with Crippen LogP contribution in [0.1, 0.15) is 21.7 Å². The lowest BCUT2D eigenvalue weighted by molar-refractivity contribution is 0.102. The molecule has 0 aliphatic rings. The van der Waals surface area contributed by atoms with Crippen molar-refractivity contribution in [3.8, 4) is 28.5 Å². The number of carbonyl (C=O) groups is 1. The molecule has 0 unspecified atom stereocenters. The smallest absolute Gasteiger partial charge is 0.278 e. The number of benzene rings is 3. The molecule has 0 fully saturated rings. The van der Waals surface area contributed by atoms with Gasteiger partial charge in [-0.05, 0) is 38.1 Å². The number of nitrogens with one attached hydrogen (secondary N) is 2. The number of aromatic nitrogens is 6. The van der Waals surface area contributed by atoms with Crippen LogP contribution >= 0.6 is 0 Å². The van der Waals surface area contributed by atoms with Crippen molar-refractivity contribution in [2.75, 3.05) is 5.32 Å². The van der Waals surface area contributed by atoms with E-state index in [2.05, 4.69) is 30.8 Å². The molecule has 5 rings (SSSR count). The van der Waals surface area contributed by atoms with Crippen molar-refractivity contribution in [2.24, 2.45) is 0 Å². The fourth-order valence-electron chi connectivity index (χ4n) is 3.55. The largest absolute Gasteiger partial charge is 0.320 e. The molecule has 0 aliphatic carbocycles. The van der Waals surface area contributed by atoms with Gasteiger partial charge in [0.25, 0.3) is 5.91 Å². The average molecular weight is 435 g/mol. The highest BCUT2D eigenvalue weighted by atomic mass is 16.2. The molecule has 0 saturated carbocycles. The summed E-state index contributed by atoms with van der Waals surface area (Å²) < 4.78 is 1.66. The molecule has 2 heterocycles. The number of rotatable bonds is 5. The molecule has 0 bridgehead atoms. The van der Waals surface area contributed by atoms with E-state index in [0.29, 0.717) is 23.0 Å². The van der Waals surface area contributed by atoms with Crippen LogP contribution in [0.2, 0.25) is 0 Å². The zero-order valence-corrected chi connectivity index (χ0v) is 18.1. The van der Waals surface area contributed by atoms with Crippen LogP contribution in [0.15, 0.2) is 78.9 Å². The van der Waals surface area contributed by atoms with Gasteiger partial charge in [-0.15, -0.1) is 5.10 Å². The Labute approximate surface area is 190 Å².